The zero-order valence-electron chi connectivity index (χ0n) is 20.4. The third-order valence-corrected chi connectivity index (χ3v) is 9.10. The molecule has 0 amide bonds. The first kappa shape index (κ1) is 24.7. The van der Waals surface area contributed by atoms with Gasteiger partial charge in [0, 0.05) is 36.0 Å². The summed E-state index contributed by atoms with van der Waals surface area (Å²) in [5.41, 5.74) is 3.36. The standard InChI is InChI=1S/C28H29Cl2N3O4/c29-21-2-1-3-22(30)23(21)24-20(25(37-33-24)17-4-5-17)15-36-28-9-6-27(7-10-28,8-11-28)16-32-19-12-18(26(34)35)13-31-14-19/h1-3,12-14,17,32H,4-11,15-16H2,(H,34,35). The molecule has 2 bridgehead atoms. The molecule has 194 valence electrons. The summed E-state index contributed by atoms with van der Waals surface area (Å²) in [7, 11) is 0. The van der Waals surface area contributed by atoms with Crippen LogP contribution in [0, 0.1) is 5.41 Å². The molecule has 2 heterocycles. The van der Waals surface area contributed by atoms with Crippen molar-refractivity contribution in [1.29, 1.82) is 0 Å². The second-order valence-electron chi connectivity index (χ2n) is 10.8. The van der Waals surface area contributed by atoms with Crippen LogP contribution in [0.2, 0.25) is 10.0 Å². The molecule has 0 spiro atoms. The molecule has 2 aromatic heterocycles. The van der Waals surface area contributed by atoms with Crippen LogP contribution in [0.15, 0.2) is 41.2 Å². The van der Waals surface area contributed by atoms with Crippen LogP contribution in [0.5, 0.6) is 0 Å². The number of rotatable bonds is 9. The van der Waals surface area contributed by atoms with Crippen molar-refractivity contribution in [1.82, 2.24) is 10.1 Å². The number of aromatic nitrogens is 2. The molecular formula is C28H29Cl2N3O4. The first-order valence-corrected chi connectivity index (χ1v) is 13.6. The molecule has 9 heteroatoms. The van der Waals surface area contributed by atoms with E-state index in [-0.39, 0.29) is 16.6 Å². The number of fused-ring (bicyclic) bond motifs is 3. The number of nitrogens with zero attached hydrogens (tertiary/aromatic N) is 2. The van der Waals surface area contributed by atoms with Gasteiger partial charge in [0.2, 0.25) is 0 Å². The predicted octanol–water partition coefficient (Wildman–Crippen LogP) is 7.34. The van der Waals surface area contributed by atoms with Gasteiger partial charge in [0.05, 0.1) is 33.5 Å². The van der Waals surface area contributed by atoms with Crippen molar-refractivity contribution in [2.24, 2.45) is 5.41 Å². The Kier molecular flexibility index (Phi) is 6.42. The molecule has 7 rings (SSSR count). The van der Waals surface area contributed by atoms with Crippen LogP contribution in [-0.4, -0.2) is 33.4 Å². The first-order chi connectivity index (χ1) is 17.9. The SMILES string of the molecule is O=C(O)c1cncc(NCC23CCC(OCc4c(-c5c(Cl)cccc5Cl)noc4C4CC4)(CC2)CC3)c1. The molecule has 4 fully saturated rings. The number of halogens is 2. The maximum Gasteiger partial charge on any atom is 0.337 e. The molecule has 4 saturated carbocycles. The Morgan fingerprint density at radius 1 is 1.11 bits per heavy atom. The van der Waals surface area contributed by atoms with Crippen molar-refractivity contribution in [3.8, 4) is 11.3 Å². The van der Waals surface area contributed by atoms with Crippen molar-refractivity contribution < 1.29 is 19.2 Å². The van der Waals surface area contributed by atoms with Crippen LogP contribution in [-0.2, 0) is 11.3 Å². The number of hydrogen-bond donors (Lipinski definition) is 2. The van der Waals surface area contributed by atoms with Crippen LogP contribution in [0.4, 0.5) is 5.69 Å². The molecule has 0 radical (unpaired) electrons. The number of carboxylic acids is 1. The lowest BCUT2D eigenvalue weighted by Crippen LogP contribution is -2.50. The van der Waals surface area contributed by atoms with Crippen LogP contribution < -0.4 is 5.32 Å². The summed E-state index contributed by atoms with van der Waals surface area (Å²) < 4.78 is 12.5. The average Bonchev–Trinajstić information content (AvgIpc) is 3.68. The summed E-state index contributed by atoms with van der Waals surface area (Å²) in [6, 6.07) is 7.11. The zero-order chi connectivity index (χ0) is 25.6. The summed E-state index contributed by atoms with van der Waals surface area (Å²) >= 11 is 13.0. The minimum absolute atomic E-state index is 0.147. The molecule has 0 aliphatic heterocycles. The fraction of sp³-hybridized carbons (Fsp3) is 0.464. The Labute approximate surface area is 225 Å². The summed E-state index contributed by atoms with van der Waals surface area (Å²) in [4.78, 5) is 15.3. The van der Waals surface area contributed by atoms with E-state index in [9.17, 15) is 9.90 Å². The predicted molar refractivity (Wildman–Crippen MR) is 141 cm³/mol. The summed E-state index contributed by atoms with van der Waals surface area (Å²) in [5, 5.41) is 18.2. The molecular weight excluding hydrogens is 513 g/mol. The van der Waals surface area contributed by atoms with Gasteiger partial charge < -0.3 is 19.7 Å². The van der Waals surface area contributed by atoms with E-state index < -0.39 is 5.97 Å². The molecule has 4 aliphatic rings. The summed E-state index contributed by atoms with van der Waals surface area (Å²) in [6.45, 7) is 1.24. The molecule has 0 atom stereocenters. The van der Waals surface area contributed by atoms with Crippen molar-refractivity contribution >= 4 is 34.9 Å². The van der Waals surface area contributed by atoms with E-state index in [1.807, 2.05) is 18.2 Å². The molecule has 4 aliphatic carbocycles. The van der Waals surface area contributed by atoms with E-state index in [0.717, 1.165) is 74.9 Å². The number of carboxylic acid groups (broad SMARTS) is 1. The molecule has 0 unspecified atom stereocenters. The molecule has 7 nitrogen and oxygen atoms in total. The lowest BCUT2D eigenvalue weighted by molar-refractivity contribution is -0.140. The van der Waals surface area contributed by atoms with E-state index >= 15 is 0 Å². The van der Waals surface area contributed by atoms with Gasteiger partial charge >= 0.3 is 5.97 Å². The van der Waals surface area contributed by atoms with Crippen LogP contribution >= 0.6 is 23.2 Å². The van der Waals surface area contributed by atoms with Crippen molar-refractivity contribution in [2.45, 2.75) is 69.5 Å². The molecule has 37 heavy (non-hydrogen) atoms. The lowest BCUT2D eigenvalue weighted by atomic mass is 9.58. The third-order valence-electron chi connectivity index (χ3n) is 8.47. The van der Waals surface area contributed by atoms with Gasteiger partial charge in [-0.05, 0) is 75.0 Å². The summed E-state index contributed by atoms with van der Waals surface area (Å²) in [5.74, 6) is 0.332. The van der Waals surface area contributed by atoms with E-state index in [2.05, 4.69) is 15.5 Å². The highest BCUT2D eigenvalue weighted by Crippen LogP contribution is 2.55. The second-order valence-corrected chi connectivity index (χ2v) is 11.7. The van der Waals surface area contributed by atoms with Gasteiger partial charge in [-0.25, -0.2) is 4.79 Å². The highest BCUT2D eigenvalue weighted by molar-refractivity contribution is 6.39. The number of aromatic carboxylic acids is 1. The minimum atomic E-state index is -0.968. The number of hydrogen-bond acceptors (Lipinski definition) is 6. The largest absolute Gasteiger partial charge is 0.478 e. The molecule has 3 aromatic rings. The monoisotopic (exact) mass is 541 g/mol. The van der Waals surface area contributed by atoms with E-state index in [0.29, 0.717) is 33.8 Å². The van der Waals surface area contributed by atoms with Gasteiger partial charge in [-0.1, -0.05) is 34.4 Å². The number of anilines is 1. The molecule has 1 aromatic carbocycles. The quantitative estimate of drug-likeness (QED) is 0.292. The maximum atomic E-state index is 11.3. The number of pyridine rings is 1. The Morgan fingerprint density at radius 3 is 2.46 bits per heavy atom. The lowest BCUT2D eigenvalue weighted by Gasteiger charge is -2.53. The van der Waals surface area contributed by atoms with E-state index in [1.54, 1.807) is 12.3 Å². The van der Waals surface area contributed by atoms with Crippen LogP contribution in [0.3, 0.4) is 0 Å². The number of carbonyl (C=O) groups is 1. The van der Waals surface area contributed by atoms with Crippen LogP contribution in [0.1, 0.15) is 79.0 Å². The van der Waals surface area contributed by atoms with Gasteiger partial charge in [-0.3, -0.25) is 4.98 Å². The molecule has 2 N–H and O–H groups in total. The fourth-order valence-corrected chi connectivity index (χ4v) is 6.50. The third kappa shape index (κ3) is 4.85. The Hall–Kier alpha value is -2.61. The van der Waals surface area contributed by atoms with Crippen LogP contribution in [0.25, 0.3) is 11.3 Å². The first-order valence-electron chi connectivity index (χ1n) is 12.9. The Morgan fingerprint density at radius 2 is 1.81 bits per heavy atom. The highest BCUT2D eigenvalue weighted by atomic mass is 35.5. The van der Waals surface area contributed by atoms with Crippen molar-refractivity contribution in [3.05, 3.63) is 63.6 Å². The Balaban J connectivity index is 1.14. The maximum absolute atomic E-state index is 11.3. The zero-order valence-corrected chi connectivity index (χ0v) is 21.9. The van der Waals surface area contributed by atoms with Gasteiger partial charge in [-0.15, -0.1) is 0 Å². The highest BCUT2D eigenvalue weighted by Gasteiger charge is 2.49. The number of ether oxygens (including phenoxy) is 1. The normalized spacial score (nSPS) is 24.8. The molecule has 0 saturated heterocycles. The van der Waals surface area contributed by atoms with Crippen molar-refractivity contribution in [3.63, 3.8) is 0 Å². The summed E-state index contributed by atoms with van der Waals surface area (Å²) in [6.07, 6.45) is 11.4. The second kappa shape index (κ2) is 9.61. The van der Waals surface area contributed by atoms with Gasteiger partial charge in [0.25, 0.3) is 0 Å². The fourth-order valence-electron chi connectivity index (χ4n) is 5.93. The average molecular weight is 542 g/mol. The van der Waals surface area contributed by atoms with Gasteiger partial charge in [0.15, 0.2) is 0 Å². The van der Waals surface area contributed by atoms with Gasteiger partial charge in [0.1, 0.15) is 11.5 Å². The smallest absolute Gasteiger partial charge is 0.337 e. The van der Waals surface area contributed by atoms with Crippen molar-refractivity contribution in [2.75, 3.05) is 11.9 Å². The van der Waals surface area contributed by atoms with Gasteiger partial charge in [-0.2, -0.15) is 0 Å². The topological polar surface area (TPSA) is 97.5 Å². The van der Waals surface area contributed by atoms with E-state index in [4.69, 9.17) is 32.5 Å². The number of nitrogens with one attached hydrogen (secondary N) is 1. The van der Waals surface area contributed by atoms with E-state index in [1.165, 1.54) is 6.20 Å². The number of benzene rings is 1. The minimum Gasteiger partial charge on any atom is -0.478 e. The Bertz CT molecular complexity index is 1290.